The molecular weight excluding hydrogens is 489 g/mol. The average Bonchev–Trinajstić information content (AvgIpc) is 3.38. The van der Waals surface area contributed by atoms with Gasteiger partial charge in [0.05, 0.1) is 29.5 Å². The third kappa shape index (κ3) is 4.95. The molecule has 1 saturated heterocycles. The number of fused-ring (bicyclic) bond motifs is 1. The van der Waals surface area contributed by atoms with Gasteiger partial charge in [0.15, 0.2) is 0 Å². The number of pyridine rings is 3. The third-order valence-electron chi connectivity index (χ3n) is 6.31. The van der Waals surface area contributed by atoms with Gasteiger partial charge in [-0.05, 0) is 48.7 Å². The smallest absolute Gasteiger partial charge is 0.227 e. The van der Waals surface area contributed by atoms with E-state index in [0.29, 0.717) is 5.95 Å². The molecule has 5 aromatic rings. The topological polar surface area (TPSA) is 87.4 Å². The van der Waals surface area contributed by atoms with Crippen LogP contribution in [0.2, 0.25) is 0 Å². The number of hydrogen-bond acceptors (Lipinski definition) is 9. The molecular formula is C26H24FN9S. The van der Waals surface area contributed by atoms with Gasteiger partial charge in [0.1, 0.15) is 11.5 Å². The van der Waals surface area contributed by atoms with Gasteiger partial charge in [-0.15, -0.1) is 0 Å². The standard InChI is InChI=1S/C26H24FN9S/c1-37-35-12-10-34(11-13-35)24-7-4-20(15-30-24)32-26-28-9-8-21(33-26)22-16-31-25-6-3-19(17-36(22)25)18-2-5-23(27)29-14-18/h2-9,14-17H,10-13H2,1H3,(H,28,32,33). The van der Waals surface area contributed by atoms with Crippen molar-refractivity contribution >= 4 is 35.0 Å². The van der Waals surface area contributed by atoms with E-state index in [1.54, 1.807) is 30.4 Å². The maximum Gasteiger partial charge on any atom is 0.227 e. The zero-order valence-corrected chi connectivity index (χ0v) is 20.9. The monoisotopic (exact) mass is 513 g/mol. The van der Waals surface area contributed by atoms with E-state index in [4.69, 9.17) is 4.98 Å². The van der Waals surface area contributed by atoms with Crippen molar-refractivity contribution in [3.8, 4) is 22.5 Å². The minimum Gasteiger partial charge on any atom is -0.354 e. The number of aromatic nitrogens is 6. The largest absolute Gasteiger partial charge is 0.354 e. The van der Waals surface area contributed by atoms with Crippen molar-refractivity contribution < 1.29 is 4.39 Å². The fourth-order valence-electron chi connectivity index (χ4n) is 4.32. The van der Waals surface area contributed by atoms with Gasteiger partial charge in [0, 0.05) is 55.9 Å². The van der Waals surface area contributed by atoms with Crippen molar-refractivity contribution in [2.45, 2.75) is 0 Å². The van der Waals surface area contributed by atoms with Gasteiger partial charge in [-0.3, -0.25) is 4.40 Å². The van der Waals surface area contributed by atoms with Gasteiger partial charge in [-0.25, -0.2) is 29.2 Å². The second-order valence-corrected chi connectivity index (χ2v) is 9.43. The maximum absolute atomic E-state index is 13.3. The van der Waals surface area contributed by atoms with Crippen LogP contribution in [-0.4, -0.2) is 66.1 Å². The van der Waals surface area contributed by atoms with Crippen molar-refractivity contribution in [3.63, 3.8) is 0 Å². The molecule has 37 heavy (non-hydrogen) atoms. The summed E-state index contributed by atoms with van der Waals surface area (Å²) in [6.45, 7) is 3.97. The van der Waals surface area contributed by atoms with E-state index >= 15 is 0 Å². The van der Waals surface area contributed by atoms with E-state index in [1.807, 2.05) is 47.1 Å². The number of anilines is 3. The molecule has 1 aliphatic rings. The summed E-state index contributed by atoms with van der Waals surface area (Å²) >= 11 is 1.79. The molecule has 1 N–H and O–H groups in total. The molecule has 0 aromatic carbocycles. The number of halogens is 1. The quantitative estimate of drug-likeness (QED) is 0.260. The molecule has 1 fully saturated rings. The highest BCUT2D eigenvalue weighted by Crippen LogP contribution is 2.25. The van der Waals surface area contributed by atoms with E-state index in [2.05, 4.69) is 40.7 Å². The molecule has 0 saturated carbocycles. The van der Waals surface area contributed by atoms with Gasteiger partial charge in [0.25, 0.3) is 0 Å². The molecule has 0 spiro atoms. The van der Waals surface area contributed by atoms with Crippen LogP contribution in [0.4, 0.5) is 21.8 Å². The molecule has 0 radical (unpaired) electrons. The number of hydrogen-bond donors (Lipinski definition) is 1. The highest BCUT2D eigenvalue weighted by Gasteiger charge is 2.17. The summed E-state index contributed by atoms with van der Waals surface area (Å²) in [5.41, 5.74) is 4.83. The van der Waals surface area contributed by atoms with Crippen molar-refractivity contribution in [2.24, 2.45) is 0 Å². The maximum atomic E-state index is 13.3. The first-order chi connectivity index (χ1) is 18.2. The lowest BCUT2D eigenvalue weighted by atomic mass is 10.1. The number of nitrogens with one attached hydrogen (secondary N) is 1. The summed E-state index contributed by atoms with van der Waals surface area (Å²) in [7, 11) is 0. The Morgan fingerprint density at radius 2 is 1.70 bits per heavy atom. The van der Waals surface area contributed by atoms with Crippen molar-refractivity contribution in [2.75, 3.05) is 42.7 Å². The molecule has 9 nitrogen and oxygen atoms in total. The Labute approximate surface area is 217 Å². The molecule has 5 aromatic heterocycles. The first-order valence-electron chi connectivity index (χ1n) is 11.9. The summed E-state index contributed by atoms with van der Waals surface area (Å²) < 4.78 is 17.6. The van der Waals surface area contributed by atoms with Crippen LogP contribution in [0.15, 0.2) is 73.4 Å². The first-order valence-corrected chi connectivity index (χ1v) is 13.0. The zero-order valence-electron chi connectivity index (χ0n) is 20.1. The van der Waals surface area contributed by atoms with Crippen LogP contribution in [0.25, 0.3) is 28.2 Å². The Balaban J connectivity index is 1.22. The van der Waals surface area contributed by atoms with Crippen LogP contribution in [0, 0.1) is 5.95 Å². The van der Waals surface area contributed by atoms with Crippen molar-refractivity contribution in [1.29, 1.82) is 0 Å². The third-order valence-corrected chi connectivity index (χ3v) is 7.19. The Kier molecular flexibility index (Phi) is 6.37. The molecule has 0 atom stereocenters. The minimum atomic E-state index is -0.506. The van der Waals surface area contributed by atoms with Crippen LogP contribution in [0.1, 0.15) is 0 Å². The number of rotatable bonds is 6. The number of imidazole rings is 1. The second-order valence-electron chi connectivity index (χ2n) is 8.55. The Morgan fingerprint density at radius 3 is 2.46 bits per heavy atom. The number of piperazine rings is 1. The van der Waals surface area contributed by atoms with Crippen molar-refractivity contribution in [1.82, 2.24) is 33.6 Å². The molecule has 0 amide bonds. The minimum absolute atomic E-state index is 0.467. The summed E-state index contributed by atoms with van der Waals surface area (Å²) in [5.74, 6) is 0.932. The van der Waals surface area contributed by atoms with Crippen LogP contribution >= 0.6 is 11.9 Å². The highest BCUT2D eigenvalue weighted by molar-refractivity contribution is 7.96. The SMILES string of the molecule is CSN1CCN(c2ccc(Nc3nccc(-c4cnc5ccc(-c6ccc(F)nc6)cn45)n3)cn2)CC1. The summed E-state index contributed by atoms with van der Waals surface area (Å²) in [6.07, 6.45) is 10.9. The normalized spacial score (nSPS) is 14.3. The zero-order chi connectivity index (χ0) is 25.2. The predicted molar refractivity (Wildman–Crippen MR) is 144 cm³/mol. The lowest BCUT2D eigenvalue weighted by Gasteiger charge is -2.33. The molecule has 0 aliphatic carbocycles. The Morgan fingerprint density at radius 1 is 0.838 bits per heavy atom. The fraction of sp³-hybridized carbons (Fsp3) is 0.192. The lowest BCUT2D eigenvalue weighted by Crippen LogP contribution is -2.43. The second kappa shape index (κ2) is 10.1. The molecule has 6 rings (SSSR count). The summed E-state index contributed by atoms with van der Waals surface area (Å²) in [5, 5.41) is 3.25. The first kappa shape index (κ1) is 23.3. The van der Waals surface area contributed by atoms with Gasteiger partial charge in [-0.2, -0.15) is 4.39 Å². The van der Waals surface area contributed by atoms with Crippen molar-refractivity contribution in [3.05, 3.63) is 79.4 Å². The number of nitrogens with zero attached hydrogens (tertiary/aromatic N) is 8. The molecule has 0 unspecified atom stereocenters. The van der Waals surface area contributed by atoms with Gasteiger partial charge >= 0.3 is 0 Å². The Hall–Kier alpha value is -4.09. The van der Waals surface area contributed by atoms with Gasteiger partial charge < -0.3 is 10.2 Å². The highest BCUT2D eigenvalue weighted by atomic mass is 32.2. The fourth-order valence-corrected chi connectivity index (χ4v) is 4.85. The van der Waals surface area contributed by atoms with E-state index in [9.17, 15) is 4.39 Å². The van der Waals surface area contributed by atoms with Crippen LogP contribution < -0.4 is 10.2 Å². The molecule has 1 aliphatic heterocycles. The van der Waals surface area contributed by atoms with E-state index in [1.165, 1.54) is 12.3 Å². The van der Waals surface area contributed by atoms with Gasteiger partial charge in [-0.1, -0.05) is 11.9 Å². The van der Waals surface area contributed by atoms with Crippen LogP contribution in [-0.2, 0) is 0 Å². The van der Waals surface area contributed by atoms with E-state index in [0.717, 1.165) is 65.8 Å². The Bertz CT molecular complexity index is 1510. The van der Waals surface area contributed by atoms with E-state index < -0.39 is 5.95 Å². The van der Waals surface area contributed by atoms with Gasteiger partial charge in [0.2, 0.25) is 11.9 Å². The average molecular weight is 514 g/mol. The summed E-state index contributed by atoms with van der Waals surface area (Å²) in [6, 6.07) is 12.8. The lowest BCUT2D eigenvalue weighted by molar-refractivity contribution is 0.429. The van der Waals surface area contributed by atoms with Crippen LogP contribution in [0.3, 0.4) is 0 Å². The molecule has 186 valence electrons. The summed E-state index contributed by atoms with van der Waals surface area (Å²) in [4.78, 5) is 24.3. The molecule has 0 bridgehead atoms. The molecule has 6 heterocycles. The van der Waals surface area contributed by atoms with Crippen LogP contribution in [0.5, 0.6) is 0 Å². The van der Waals surface area contributed by atoms with E-state index in [-0.39, 0.29) is 0 Å². The predicted octanol–water partition coefficient (Wildman–Crippen LogP) is 4.53. The molecule has 11 heteroatoms.